The molecule has 2 unspecified atom stereocenters. The van der Waals surface area contributed by atoms with Crippen molar-refractivity contribution in [3.05, 3.63) is 64.3 Å². The fraction of sp³-hybridized carbons (Fsp3) is 0.300. The van der Waals surface area contributed by atoms with Crippen LogP contribution in [0.25, 0.3) is 16.6 Å². The largest absolute Gasteiger partial charge is 0.313 e. The Morgan fingerprint density at radius 2 is 1.88 bits per heavy atom. The van der Waals surface area contributed by atoms with Gasteiger partial charge in [0, 0.05) is 46.4 Å². The van der Waals surface area contributed by atoms with Crippen LogP contribution in [0.15, 0.2) is 36.4 Å². The van der Waals surface area contributed by atoms with Crippen molar-refractivity contribution in [2.24, 2.45) is 0 Å². The topological polar surface area (TPSA) is 8.17 Å². The van der Waals surface area contributed by atoms with Crippen molar-refractivity contribution >= 4 is 22.5 Å². The minimum absolute atomic E-state index is 0.362. The monoisotopic (exact) mass is 358 g/mol. The molecule has 2 aliphatic rings. The molecule has 1 aromatic heterocycles. The van der Waals surface area contributed by atoms with Crippen molar-refractivity contribution < 1.29 is 8.78 Å². The van der Waals surface area contributed by atoms with E-state index in [0.717, 1.165) is 30.2 Å². The first kappa shape index (κ1) is 15.4. The van der Waals surface area contributed by atoms with E-state index in [2.05, 4.69) is 16.5 Å². The Hall–Kier alpha value is -1.91. The first-order chi connectivity index (χ1) is 12.0. The van der Waals surface area contributed by atoms with Gasteiger partial charge in [0.25, 0.3) is 0 Å². The molecule has 2 nitrogen and oxygen atoms in total. The summed E-state index contributed by atoms with van der Waals surface area (Å²) < 4.78 is 29.4. The van der Waals surface area contributed by atoms with Crippen molar-refractivity contribution in [2.45, 2.75) is 31.3 Å². The Balaban J connectivity index is 1.85. The predicted molar refractivity (Wildman–Crippen MR) is 95.4 cm³/mol. The smallest absolute Gasteiger partial charge is 0.160 e. The van der Waals surface area contributed by atoms with E-state index >= 15 is 0 Å². The molecular formula is C20H17ClF2N2. The van der Waals surface area contributed by atoms with E-state index in [0.29, 0.717) is 22.8 Å². The SMILES string of the molecule is CN1C2CCC1c1c(n(-c3ccc(F)c(F)c3)c3ccc(Cl)cc13)C2. The molecule has 0 aliphatic carbocycles. The highest BCUT2D eigenvalue weighted by Gasteiger charge is 2.41. The zero-order chi connectivity index (χ0) is 17.3. The number of benzene rings is 2. The van der Waals surface area contributed by atoms with E-state index in [1.165, 1.54) is 23.4 Å². The number of aromatic nitrogens is 1. The third-order valence-electron chi connectivity index (χ3n) is 5.83. The Morgan fingerprint density at radius 1 is 1.04 bits per heavy atom. The Kier molecular flexibility index (Phi) is 3.25. The van der Waals surface area contributed by atoms with Crippen LogP contribution in [0.5, 0.6) is 0 Å². The number of halogens is 3. The van der Waals surface area contributed by atoms with Crippen LogP contribution in [0.2, 0.25) is 5.02 Å². The molecule has 0 spiro atoms. The number of hydrogen-bond acceptors (Lipinski definition) is 1. The molecule has 0 saturated carbocycles. The molecule has 0 N–H and O–H groups in total. The molecule has 2 atom stereocenters. The number of rotatable bonds is 1. The van der Waals surface area contributed by atoms with Gasteiger partial charge in [0.05, 0.1) is 5.52 Å². The number of likely N-dealkylation sites (N-methyl/N-ethyl adjacent to an activating group) is 1. The molecule has 2 aromatic carbocycles. The standard InChI is InChI=1S/C20H17ClF2N2/c1-24-12-4-7-18(24)20-14-8-11(21)2-6-17(14)25(19(20)10-12)13-3-5-15(22)16(23)9-13/h2-3,5-6,8-9,12,18H,4,7,10H2,1H3. The minimum Gasteiger partial charge on any atom is -0.313 e. The van der Waals surface area contributed by atoms with Gasteiger partial charge in [-0.25, -0.2) is 8.78 Å². The molecule has 128 valence electrons. The number of fused-ring (bicyclic) bond motifs is 6. The van der Waals surface area contributed by atoms with Crippen LogP contribution in [0.3, 0.4) is 0 Å². The van der Waals surface area contributed by atoms with Crippen molar-refractivity contribution in [3.63, 3.8) is 0 Å². The summed E-state index contributed by atoms with van der Waals surface area (Å²) in [6.07, 6.45) is 3.20. The molecule has 1 saturated heterocycles. The van der Waals surface area contributed by atoms with Crippen molar-refractivity contribution in [2.75, 3.05) is 7.05 Å². The van der Waals surface area contributed by atoms with Gasteiger partial charge < -0.3 is 4.57 Å². The van der Waals surface area contributed by atoms with E-state index in [4.69, 9.17) is 11.6 Å². The highest BCUT2D eigenvalue weighted by Crippen LogP contribution is 2.48. The van der Waals surface area contributed by atoms with Gasteiger partial charge in [-0.05, 0) is 55.8 Å². The van der Waals surface area contributed by atoms with Gasteiger partial charge in [0.1, 0.15) is 0 Å². The molecule has 3 heterocycles. The average Bonchev–Trinajstić information content (AvgIpc) is 3.01. The lowest BCUT2D eigenvalue weighted by molar-refractivity contribution is 0.223. The van der Waals surface area contributed by atoms with Crippen LogP contribution < -0.4 is 0 Å². The summed E-state index contributed by atoms with van der Waals surface area (Å²) in [5.74, 6) is -1.64. The van der Waals surface area contributed by atoms with Crippen molar-refractivity contribution in [1.82, 2.24) is 9.47 Å². The van der Waals surface area contributed by atoms with Gasteiger partial charge in [-0.2, -0.15) is 0 Å². The second kappa shape index (κ2) is 5.29. The average molecular weight is 359 g/mol. The van der Waals surface area contributed by atoms with Crippen LogP contribution in [-0.4, -0.2) is 22.6 Å². The highest BCUT2D eigenvalue weighted by molar-refractivity contribution is 6.31. The molecule has 5 rings (SSSR count). The first-order valence-corrected chi connectivity index (χ1v) is 8.92. The molecular weight excluding hydrogens is 342 g/mol. The fourth-order valence-electron chi connectivity index (χ4n) is 4.66. The van der Waals surface area contributed by atoms with Crippen LogP contribution >= 0.6 is 11.6 Å². The van der Waals surface area contributed by atoms with Gasteiger partial charge in [-0.15, -0.1) is 0 Å². The van der Waals surface area contributed by atoms with E-state index < -0.39 is 11.6 Å². The molecule has 25 heavy (non-hydrogen) atoms. The maximum atomic E-state index is 13.9. The summed E-state index contributed by atoms with van der Waals surface area (Å²) >= 11 is 6.27. The van der Waals surface area contributed by atoms with E-state index in [1.807, 2.05) is 18.2 Å². The van der Waals surface area contributed by atoms with Crippen molar-refractivity contribution in [3.8, 4) is 5.69 Å². The Morgan fingerprint density at radius 3 is 2.68 bits per heavy atom. The van der Waals surface area contributed by atoms with Gasteiger partial charge in [0.2, 0.25) is 0 Å². The predicted octanol–water partition coefficient (Wildman–Crippen LogP) is 5.25. The van der Waals surface area contributed by atoms with Crippen LogP contribution in [0.1, 0.15) is 30.1 Å². The zero-order valence-corrected chi connectivity index (χ0v) is 14.5. The quantitative estimate of drug-likeness (QED) is 0.576. The van der Waals surface area contributed by atoms with E-state index in [9.17, 15) is 8.78 Å². The zero-order valence-electron chi connectivity index (χ0n) is 13.8. The maximum Gasteiger partial charge on any atom is 0.160 e. The summed E-state index contributed by atoms with van der Waals surface area (Å²) in [7, 11) is 2.18. The molecule has 2 bridgehead atoms. The fourth-order valence-corrected chi connectivity index (χ4v) is 4.83. The first-order valence-electron chi connectivity index (χ1n) is 8.54. The van der Waals surface area contributed by atoms with Gasteiger partial charge in [0.15, 0.2) is 11.6 Å². The molecule has 2 aliphatic heterocycles. The summed E-state index contributed by atoms with van der Waals surface area (Å²) in [6, 6.07) is 10.8. The van der Waals surface area contributed by atoms with Crippen LogP contribution in [-0.2, 0) is 6.42 Å². The van der Waals surface area contributed by atoms with E-state index in [1.54, 1.807) is 6.07 Å². The van der Waals surface area contributed by atoms with E-state index in [-0.39, 0.29) is 0 Å². The lowest BCUT2D eigenvalue weighted by Crippen LogP contribution is -2.34. The van der Waals surface area contributed by atoms with Gasteiger partial charge in [-0.1, -0.05) is 11.6 Å². The lowest BCUT2D eigenvalue weighted by Gasteiger charge is -2.32. The van der Waals surface area contributed by atoms with Gasteiger partial charge in [-0.3, -0.25) is 4.90 Å². The lowest BCUT2D eigenvalue weighted by atomic mass is 9.97. The second-order valence-electron chi connectivity index (χ2n) is 7.07. The maximum absolute atomic E-state index is 13.9. The molecule has 0 radical (unpaired) electrons. The summed E-state index contributed by atoms with van der Waals surface area (Å²) in [6.45, 7) is 0. The third kappa shape index (κ3) is 2.10. The Bertz CT molecular complexity index is 1010. The number of hydrogen-bond donors (Lipinski definition) is 0. The summed E-state index contributed by atoms with van der Waals surface area (Å²) in [5, 5.41) is 1.81. The number of nitrogens with zero attached hydrogens (tertiary/aromatic N) is 2. The second-order valence-corrected chi connectivity index (χ2v) is 7.51. The minimum atomic E-state index is -0.822. The van der Waals surface area contributed by atoms with Crippen molar-refractivity contribution in [1.29, 1.82) is 0 Å². The third-order valence-corrected chi connectivity index (χ3v) is 6.07. The molecule has 5 heteroatoms. The van der Waals surface area contributed by atoms with Crippen LogP contribution in [0, 0.1) is 11.6 Å². The Labute approximate surface area is 149 Å². The molecule has 0 amide bonds. The molecule has 3 aromatic rings. The van der Waals surface area contributed by atoms with Crippen LogP contribution in [0.4, 0.5) is 8.78 Å². The highest BCUT2D eigenvalue weighted by atomic mass is 35.5. The summed E-state index contributed by atoms with van der Waals surface area (Å²) in [4.78, 5) is 2.44. The summed E-state index contributed by atoms with van der Waals surface area (Å²) in [5.41, 5.74) is 4.16. The van der Waals surface area contributed by atoms with Gasteiger partial charge >= 0.3 is 0 Å². The normalized spacial score (nSPS) is 22.6. The molecule has 1 fully saturated rings.